The fraction of sp³-hybridized carbons (Fsp3) is 0.429. The monoisotopic (exact) mass is 386 g/mol. The summed E-state index contributed by atoms with van der Waals surface area (Å²) in [4.78, 5) is 24.6. The van der Waals surface area contributed by atoms with Gasteiger partial charge in [-0.2, -0.15) is 0 Å². The van der Waals surface area contributed by atoms with Crippen molar-refractivity contribution in [1.82, 2.24) is 0 Å². The second kappa shape index (κ2) is 9.52. The highest BCUT2D eigenvalue weighted by Crippen LogP contribution is 2.18. The number of hydrogen-bond donors (Lipinski definition) is 2. The largest absolute Gasteiger partial charge is 0.459 e. The molecule has 1 aromatic heterocycles. The van der Waals surface area contributed by atoms with Crippen molar-refractivity contribution in [2.45, 2.75) is 38.9 Å². The van der Waals surface area contributed by atoms with Gasteiger partial charge in [0.2, 0.25) is 0 Å². The minimum Gasteiger partial charge on any atom is -0.459 e. The van der Waals surface area contributed by atoms with Gasteiger partial charge in [-0.1, -0.05) is 13.8 Å². The van der Waals surface area contributed by atoms with Gasteiger partial charge in [-0.05, 0) is 55.2 Å². The number of anilines is 2. The molecule has 7 heteroatoms. The maximum Gasteiger partial charge on any atom is 0.291 e. The lowest BCUT2D eigenvalue weighted by molar-refractivity contribution is -0.132. The molecule has 150 valence electrons. The molecule has 2 atom stereocenters. The highest BCUT2D eigenvalue weighted by atomic mass is 16.5. The first-order valence-electron chi connectivity index (χ1n) is 9.52. The molecule has 1 aliphatic heterocycles. The quantitative estimate of drug-likeness (QED) is 0.722. The molecule has 2 N–H and O–H groups in total. The van der Waals surface area contributed by atoms with E-state index < -0.39 is 6.10 Å². The third-order valence-corrected chi connectivity index (χ3v) is 4.50. The number of furan rings is 1. The van der Waals surface area contributed by atoms with Crippen LogP contribution in [0.3, 0.4) is 0 Å². The molecule has 2 amide bonds. The molecular weight excluding hydrogens is 360 g/mol. The number of benzene rings is 1. The van der Waals surface area contributed by atoms with Crippen molar-refractivity contribution in [3.05, 3.63) is 48.4 Å². The standard InChI is InChI=1S/C21H26N2O5/c1-14(2)19(28-13-17-5-3-11-26-17)21(25)23-16-9-7-15(8-10-16)22-20(24)18-6-4-12-27-18/h4,6-10,12,14,17,19H,3,5,11,13H2,1-2H3,(H,22,24)(H,23,25)/t17-,19-/m0/s1. The minimum absolute atomic E-state index is 0.0354. The first-order valence-corrected chi connectivity index (χ1v) is 9.52. The van der Waals surface area contributed by atoms with E-state index in [4.69, 9.17) is 13.9 Å². The Labute approximate surface area is 164 Å². The fourth-order valence-electron chi connectivity index (χ4n) is 3.01. The van der Waals surface area contributed by atoms with Crippen molar-refractivity contribution in [3.63, 3.8) is 0 Å². The van der Waals surface area contributed by atoms with Crippen LogP contribution < -0.4 is 10.6 Å². The van der Waals surface area contributed by atoms with Gasteiger partial charge in [-0.25, -0.2) is 0 Å². The van der Waals surface area contributed by atoms with E-state index in [1.165, 1.54) is 6.26 Å². The van der Waals surface area contributed by atoms with E-state index in [1.54, 1.807) is 36.4 Å². The van der Waals surface area contributed by atoms with E-state index in [1.807, 2.05) is 13.8 Å². The second-order valence-electron chi connectivity index (χ2n) is 7.13. The molecule has 28 heavy (non-hydrogen) atoms. The lowest BCUT2D eigenvalue weighted by atomic mass is 10.1. The zero-order valence-electron chi connectivity index (χ0n) is 16.1. The topological polar surface area (TPSA) is 89.8 Å². The molecule has 0 radical (unpaired) electrons. The summed E-state index contributed by atoms with van der Waals surface area (Å²) in [6, 6.07) is 10.1. The number of amides is 2. The summed E-state index contributed by atoms with van der Waals surface area (Å²) in [5.41, 5.74) is 1.24. The Kier molecular flexibility index (Phi) is 6.84. The van der Waals surface area contributed by atoms with Gasteiger partial charge in [0.1, 0.15) is 6.10 Å². The first-order chi connectivity index (χ1) is 13.5. The number of carbonyl (C=O) groups excluding carboxylic acids is 2. The highest BCUT2D eigenvalue weighted by Gasteiger charge is 2.26. The number of hydrogen-bond acceptors (Lipinski definition) is 5. The van der Waals surface area contributed by atoms with Crippen LogP contribution in [0.2, 0.25) is 0 Å². The molecule has 1 aliphatic rings. The Morgan fingerprint density at radius 2 is 1.86 bits per heavy atom. The number of carbonyl (C=O) groups is 2. The van der Waals surface area contributed by atoms with E-state index in [9.17, 15) is 9.59 Å². The third kappa shape index (κ3) is 5.43. The Hall–Kier alpha value is -2.64. The lowest BCUT2D eigenvalue weighted by Gasteiger charge is -2.22. The predicted octanol–water partition coefficient (Wildman–Crippen LogP) is 3.69. The Morgan fingerprint density at radius 3 is 2.43 bits per heavy atom. The van der Waals surface area contributed by atoms with Crippen molar-refractivity contribution in [1.29, 1.82) is 0 Å². The van der Waals surface area contributed by atoms with E-state index in [0.29, 0.717) is 18.0 Å². The first kappa shape index (κ1) is 20.1. The van der Waals surface area contributed by atoms with Crippen molar-refractivity contribution in [2.24, 2.45) is 5.92 Å². The summed E-state index contributed by atoms with van der Waals surface area (Å²) >= 11 is 0. The molecule has 2 heterocycles. The zero-order chi connectivity index (χ0) is 19.9. The van der Waals surface area contributed by atoms with Crippen LogP contribution in [0.4, 0.5) is 11.4 Å². The molecule has 0 saturated carbocycles. The molecule has 0 aliphatic carbocycles. The molecule has 2 aromatic rings. The Balaban J connectivity index is 1.53. The van der Waals surface area contributed by atoms with Gasteiger partial charge in [0.15, 0.2) is 5.76 Å². The Bertz CT molecular complexity index is 765. The van der Waals surface area contributed by atoms with Crippen LogP contribution in [0.1, 0.15) is 37.2 Å². The molecule has 0 unspecified atom stereocenters. The van der Waals surface area contributed by atoms with E-state index in [0.717, 1.165) is 19.4 Å². The van der Waals surface area contributed by atoms with Crippen LogP contribution in [0.25, 0.3) is 0 Å². The smallest absolute Gasteiger partial charge is 0.291 e. The number of ether oxygens (including phenoxy) is 2. The van der Waals surface area contributed by atoms with Gasteiger partial charge in [-0.3, -0.25) is 9.59 Å². The van der Waals surface area contributed by atoms with Gasteiger partial charge >= 0.3 is 0 Å². The molecule has 0 spiro atoms. The zero-order valence-corrected chi connectivity index (χ0v) is 16.1. The van der Waals surface area contributed by atoms with Crippen LogP contribution in [0, 0.1) is 5.92 Å². The van der Waals surface area contributed by atoms with Gasteiger partial charge in [0.05, 0.1) is 19.0 Å². The predicted molar refractivity (Wildman–Crippen MR) is 105 cm³/mol. The number of nitrogens with one attached hydrogen (secondary N) is 2. The maximum absolute atomic E-state index is 12.6. The average molecular weight is 386 g/mol. The molecule has 7 nitrogen and oxygen atoms in total. The molecule has 1 fully saturated rings. The summed E-state index contributed by atoms with van der Waals surface area (Å²) < 4.78 is 16.5. The van der Waals surface area contributed by atoms with Crippen molar-refractivity contribution in [2.75, 3.05) is 23.8 Å². The summed E-state index contributed by atoms with van der Waals surface area (Å²) in [6.45, 7) is 5.09. The summed E-state index contributed by atoms with van der Waals surface area (Å²) in [6.07, 6.45) is 2.97. The maximum atomic E-state index is 12.6. The van der Waals surface area contributed by atoms with Gasteiger partial charge in [0, 0.05) is 18.0 Å². The number of rotatable bonds is 8. The molecule has 1 aromatic carbocycles. The van der Waals surface area contributed by atoms with Crippen LogP contribution in [0.5, 0.6) is 0 Å². The van der Waals surface area contributed by atoms with Crippen molar-refractivity contribution in [3.8, 4) is 0 Å². The summed E-state index contributed by atoms with van der Waals surface area (Å²) in [5.74, 6) is -0.252. The fourth-order valence-corrected chi connectivity index (χ4v) is 3.01. The van der Waals surface area contributed by atoms with Crippen LogP contribution in [-0.2, 0) is 14.3 Å². The minimum atomic E-state index is -0.553. The lowest BCUT2D eigenvalue weighted by Crippen LogP contribution is -2.36. The molecule has 3 rings (SSSR count). The van der Waals surface area contributed by atoms with Crippen LogP contribution in [0.15, 0.2) is 47.1 Å². The molecule has 1 saturated heterocycles. The van der Waals surface area contributed by atoms with E-state index >= 15 is 0 Å². The molecule has 0 bridgehead atoms. The molecular formula is C21H26N2O5. The van der Waals surface area contributed by atoms with E-state index in [2.05, 4.69) is 10.6 Å². The van der Waals surface area contributed by atoms with Gasteiger partial charge in [0.25, 0.3) is 11.8 Å². The highest BCUT2D eigenvalue weighted by molar-refractivity contribution is 6.02. The van der Waals surface area contributed by atoms with Crippen LogP contribution in [-0.4, -0.2) is 37.2 Å². The van der Waals surface area contributed by atoms with E-state index in [-0.39, 0.29) is 29.6 Å². The van der Waals surface area contributed by atoms with Gasteiger partial charge < -0.3 is 24.5 Å². The average Bonchev–Trinajstić information content (AvgIpc) is 3.37. The van der Waals surface area contributed by atoms with Crippen LogP contribution >= 0.6 is 0 Å². The second-order valence-corrected chi connectivity index (χ2v) is 7.13. The summed E-state index contributed by atoms with van der Waals surface area (Å²) in [7, 11) is 0. The summed E-state index contributed by atoms with van der Waals surface area (Å²) in [5, 5.41) is 5.60. The van der Waals surface area contributed by atoms with Crippen molar-refractivity contribution < 1.29 is 23.5 Å². The normalized spacial score (nSPS) is 17.5. The third-order valence-electron chi connectivity index (χ3n) is 4.50. The van der Waals surface area contributed by atoms with Crippen molar-refractivity contribution >= 4 is 23.2 Å². The SMILES string of the molecule is CC(C)[C@H](OC[C@@H]1CCCO1)C(=O)Nc1ccc(NC(=O)c2ccco2)cc1. The van der Waals surface area contributed by atoms with Gasteiger partial charge in [-0.15, -0.1) is 0 Å². The Morgan fingerprint density at radius 1 is 1.14 bits per heavy atom.